The van der Waals surface area contributed by atoms with E-state index in [2.05, 4.69) is 0 Å². The molecule has 1 aliphatic rings. The highest BCUT2D eigenvalue weighted by molar-refractivity contribution is 6.34. The van der Waals surface area contributed by atoms with Crippen LogP contribution in [0.3, 0.4) is 0 Å². The van der Waals surface area contributed by atoms with Gasteiger partial charge >= 0.3 is 5.97 Å². The summed E-state index contributed by atoms with van der Waals surface area (Å²) in [5.41, 5.74) is 0.604. The summed E-state index contributed by atoms with van der Waals surface area (Å²) in [5.74, 6) is 0.197. The predicted molar refractivity (Wildman–Crippen MR) is 111 cm³/mol. The minimum absolute atomic E-state index is 0.228. The lowest BCUT2D eigenvalue weighted by Gasteiger charge is -2.33. The second-order valence-electron chi connectivity index (χ2n) is 7.05. The molecular formula is C22H19ClO7. The number of carbonyl (C=O) groups is 1. The molecule has 0 atom stereocenters. The zero-order valence-electron chi connectivity index (χ0n) is 16.3. The van der Waals surface area contributed by atoms with Gasteiger partial charge in [-0.05, 0) is 37.1 Å². The van der Waals surface area contributed by atoms with Gasteiger partial charge in [-0.1, -0.05) is 17.7 Å². The molecule has 2 aromatic carbocycles. The van der Waals surface area contributed by atoms with Crippen LogP contribution in [0.4, 0.5) is 0 Å². The summed E-state index contributed by atoms with van der Waals surface area (Å²) in [5, 5.41) is 9.79. The summed E-state index contributed by atoms with van der Waals surface area (Å²) in [7, 11) is 2.98. The SMILES string of the molecule is COc1cc(-c2cc(=O)c3cccc(Cl)c3o2)cc(O[C@H]2C[C@@H](C(=O)O)C2)c1OC. The van der Waals surface area contributed by atoms with Crippen LogP contribution in [0.1, 0.15) is 12.8 Å². The minimum atomic E-state index is -0.831. The van der Waals surface area contributed by atoms with Gasteiger partial charge in [0.05, 0.1) is 30.5 Å². The van der Waals surface area contributed by atoms with E-state index in [0.717, 1.165) is 0 Å². The standard InChI is InChI=1S/C22H19ClO7/c1-27-18-8-11(17-10-16(24)14-4-3-5-15(23)20(14)30-17)9-19(21(18)28-2)29-13-6-12(7-13)22(25)26/h3-5,8-10,12-13H,6-7H2,1-2H3,(H,25,26)/t12-,13+. The minimum Gasteiger partial charge on any atom is -0.493 e. The Hall–Kier alpha value is -3.19. The molecular weight excluding hydrogens is 412 g/mol. The maximum atomic E-state index is 12.6. The van der Waals surface area contributed by atoms with Crippen molar-refractivity contribution in [2.75, 3.05) is 14.2 Å². The number of carboxylic acid groups (broad SMARTS) is 1. The van der Waals surface area contributed by atoms with Crippen LogP contribution in [0.2, 0.25) is 5.02 Å². The van der Waals surface area contributed by atoms with Crippen LogP contribution < -0.4 is 19.6 Å². The summed E-state index contributed by atoms with van der Waals surface area (Å²) in [6.45, 7) is 0. The topological polar surface area (TPSA) is 95.2 Å². The van der Waals surface area contributed by atoms with Crippen LogP contribution in [0.25, 0.3) is 22.3 Å². The molecule has 30 heavy (non-hydrogen) atoms. The van der Waals surface area contributed by atoms with Gasteiger partial charge in [-0.2, -0.15) is 0 Å². The average Bonchev–Trinajstić information content (AvgIpc) is 2.69. The van der Waals surface area contributed by atoms with Crippen molar-refractivity contribution in [3.05, 3.63) is 51.6 Å². The lowest BCUT2D eigenvalue weighted by molar-refractivity contribution is -0.147. The van der Waals surface area contributed by atoms with Gasteiger partial charge in [-0.3, -0.25) is 9.59 Å². The normalized spacial score (nSPS) is 18.0. The molecule has 0 amide bonds. The Morgan fingerprint density at radius 1 is 1.13 bits per heavy atom. The number of carboxylic acids is 1. The van der Waals surface area contributed by atoms with Crippen molar-refractivity contribution < 1.29 is 28.5 Å². The lowest BCUT2D eigenvalue weighted by Crippen LogP contribution is -2.38. The summed E-state index contributed by atoms with van der Waals surface area (Å²) >= 11 is 6.21. The molecule has 156 valence electrons. The molecule has 0 spiro atoms. The van der Waals surface area contributed by atoms with Crippen molar-refractivity contribution in [2.24, 2.45) is 5.92 Å². The smallest absolute Gasteiger partial charge is 0.306 e. The van der Waals surface area contributed by atoms with Crippen molar-refractivity contribution in [1.82, 2.24) is 0 Å². The number of halogens is 1. The zero-order chi connectivity index (χ0) is 21.4. The molecule has 1 aromatic heterocycles. The van der Waals surface area contributed by atoms with Crippen LogP contribution in [0, 0.1) is 5.92 Å². The number of fused-ring (bicyclic) bond motifs is 1. The first-order chi connectivity index (χ1) is 14.4. The molecule has 7 nitrogen and oxygen atoms in total. The highest BCUT2D eigenvalue weighted by Crippen LogP contribution is 2.44. The molecule has 3 aromatic rings. The predicted octanol–water partition coefficient (Wildman–Crippen LogP) is 4.37. The summed E-state index contributed by atoms with van der Waals surface area (Å²) in [4.78, 5) is 23.6. The molecule has 0 saturated heterocycles. The molecule has 1 N–H and O–H groups in total. The first kappa shape index (κ1) is 20.1. The molecule has 4 rings (SSSR count). The third kappa shape index (κ3) is 3.57. The molecule has 1 fully saturated rings. The van der Waals surface area contributed by atoms with Gasteiger partial charge in [0.15, 0.2) is 22.5 Å². The van der Waals surface area contributed by atoms with Crippen molar-refractivity contribution in [3.8, 4) is 28.6 Å². The lowest BCUT2D eigenvalue weighted by atomic mass is 9.82. The largest absolute Gasteiger partial charge is 0.493 e. The fraction of sp³-hybridized carbons (Fsp3) is 0.273. The summed E-state index contributed by atoms with van der Waals surface area (Å²) < 4.78 is 22.8. The molecule has 0 radical (unpaired) electrons. The third-order valence-corrected chi connectivity index (χ3v) is 5.47. The van der Waals surface area contributed by atoms with Gasteiger partial charge in [0, 0.05) is 11.6 Å². The van der Waals surface area contributed by atoms with Gasteiger partial charge in [-0.15, -0.1) is 0 Å². The van der Waals surface area contributed by atoms with Gasteiger partial charge in [0.2, 0.25) is 5.75 Å². The van der Waals surface area contributed by atoms with E-state index in [1.54, 1.807) is 30.3 Å². The summed E-state index contributed by atoms with van der Waals surface area (Å²) in [6, 6.07) is 9.72. The Morgan fingerprint density at radius 2 is 1.87 bits per heavy atom. The fourth-order valence-corrected chi connectivity index (χ4v) is 3.70. The van der Waals surface area contributed by atoms with Crippen LogP contribution in [-0.4, -0.2) is 31.4 Å². The molecule has 0 unspecified atom stereocenters. The number of ether oxygens (including phenoxy) is 3. The summed E-state index contributed by atoms with van der Waals surface area (Å²) in [6.07, 6.45) is 0.565. The number of aliphatic carboxylic acids is 1. The number of hydrogen-bond acceptors (Lipinski definition) is 6. The monoisotopic (exact) mass is 430 g/mol. The van der Waals surface area contributed by atoms with Gasteiger partial charge in [-0.25, -0.2) is 0 Å². The van der Waals surface area contributed by atoms with Crippen LogP contribution in [0.5, 0.6) is 17.2 Å². The Morgan fingerprint density at radius 3 is 2.53 bits per heavy atom. The Bertz CT molecular complexity index is 1180. The first-order valence-corrected chi connectivity index (χ1v) is 9.67. The first-order valence-electron chi connectivity index (χ1n) is 9.29. The second kappa shape index (κ2) is 7.91. The van der Waals surface area contributed by atoms with E-state index < -0.39 is 11.9 Å². The Kier molecular flexibility index (Phi) is 5.30. The number of hydrogen-bond donors (Lipinski definition) is 1. The number of benzene rings is 2. The Labute approximate surface area is 176 Å². The fourth-order valence-electron chi connectivity index (χ4n) is 3.49. The maximum absolute atomic E-state index is 12.6. The van der Waals surface area contributed by atoms with Crippen molar-refractivity contribution in [1.29, 1.82) is 0 Å². The van der Waals surface area contributed by atoms with E-state index >= 15 is 0 Å². The number of para-hydroxylation sites is 1. The van der Waals surface area contributed by atoms with Crippen molar-refractivity contribution in [3.63, 3.8) is 0 Å². The average molecular weight is 431 g/mol. The van der Waals surface area contributed by atoms with Crippen LogP contribution in [0.15, 0.2) is 45.6 Å². The van der Waals surface area contributed by atoms with E-state index in [1.807, 2.05) is 0 Å². The zero-order valence-corrected chi connectivity index (χ0v) is 17.1. The maximum Gasteiger partial charge on any atom is 0.306 e. The van der Waals surface area contributed by atoms with E-state index in [1.165, 1.54) is 20.3 Å². The van der Waals surface area contributed by atoms with Gasteiger partial charge in [0.25, 0.3) is 0 Å². The molecule has 1 saturated carbocycles. The van der Waals surface area contributed by atoms with Gasteiger partial charge < -0.3 is 23.7 Å². The molecule has 0 aliphatic heterocycles. The van der Waals surface area contributed by atoms with E-state index in [4.69, 9.17) is 35.3 Å². The highest BCUT2D eigenvalue weighted by atomic mass is 35.5. The molecule has 0 bridgehead atoms. The van der Waals surface area contributed by atoms with Crippen LogP contribution in [-0.2, 0) is 4.79 Å². The van der Waals surface area contributed by atoms with Gasteiger partial charge in [0.1, 0.15) is 11.9 Å². The van der Waals surface area contributed by atoms with E-state index in [9.17, 15) is 9.59 Å². The van der Waals surface area contributed by atoms with Crippen LogP contribution >= 0.6 is 11.6 Å². The third-order valence-electron chi connectivity index (χ3n) is 5.17. The number of rotatable bonds is 6. The van der Waals surface area contributed by atoms with Crippen molar-refractivity contribution in [2.45, 2.75) is 18.9 Å². The second-order valence-corrected chi connectivity index (χ2v) is 7.45. The molecule has 1 heterocycles. The van der Waals surface area contributed by atoms with E-state index in [0.29, 0.717) is 57.4 Å². The number of methoxy groups -OCH3 is 2. The van der Waals surface area contributed by atoms with E-state index in [-0.39, 0.29) is 11.5 Å². The highest BCUT2D eigenvalue weighted by Gasteiger charge is 2.36. The quantitative estimate of drug-likeness (QED) is 0.620. The molecule has 8 heteroatoms. The Balaban J connectivity index is 1.77. The molecule has 1 aliphatic carbocycles. The van der Waals surface area contributed by atoms with Crippen molar-refractivity contribution >= 4 is 28.5 Å².